The van der Waals surface area contributed by atoms with E-state index in [2.05, 4.69) is 15.5 Å². The number of aromatic nitrogens is 2. The van der Waals surface area contributed by atoms with Crippen molar-refractivity contribution >= 4 is 5.91 Å². The monoisotopic (exact) mass is 385 g/mol. The Labute approximate surface area is 168 Å². The van der Waals surface area contributed by atoms with Crippen molar-refractivity contribution in [2.45, 2.75) is 6.54 Å². The van der Waals surface area contributed by atoms with Gasteiger partial charge in [-0.1, -0.05) is 48.5 Å². The molecule has 1 amide bonds. The highest BCUT2D eigenvalue weighted by atomic mass is 16.5. The number of hydrogen-bond acceptors (Lipinski definition) is 5. The maximum atomic E-state index is 12.5. The molecule has 0 spiro atoms. The fourth-order valence-corrected chi connectivity index (χ4v) is 2.93. The van der Waals surface area contributed by atoms with Gasteiger partial charge in [-0.3, -0.25) is 4.79 Å². The summed E-state index contributed by atoms with van der Waals surface area (Å²) in [7, 11) is 1.60. The van der Waals surface area contributed by atoms with Gasteiger partial charge in [0.25, 0.3) is 5.91 Å². The van der Waals surface area contributed by atoms with Crippen molar-refractivity contribution < 1.29 is 13.9 Å². The van der Waals surface area contributed by atoms with Gasteiger partial charge in [0.1, 0.15) is 5.75 Å². The number of nitrogens with zero attached hydrogens (tertiary/aromatic N) is 2. The Morgan fingerprint density at radius 2 is 1.66 bits per heavy atom. The molecule has 1 aromatic heterocycles. The van der Waals surface area contributed by atoms with E-state index < -0.39 is 0 Å². The number of carbonyl (C=O) groups excluding carboxylic acids is 1. The lowest BCUT2D eigenvalue weighted by Gasteiger charge is -2.06. The maximum Gasteiger partial charge on any atom is 0.251 e. The lowest BCUT2D eigenvalue weighted by atomic mass is 10.0. The molecule has 0 saturated heterocycles. The molecule has 0 saturated carbocycles. The predicted molar refractivity (Wildman–Crippen MR) is 109 cm³/mol. The van der Waals surface area contributed by atoms with E-state index in [0.29, 0.717) is 23.1 Å². The first-order chi connectivity index (χ1) is 14.2. The number of methoxy groups -OCH3 is 1. The van der Waals surface area contributed by atoms with Crippen LogP contribution in [-0.4, -0.2) is 23.2 Å². The largest absolute Gasteiger partial charge is 0.497 e. The third-order valence-electron chi connectivity index (χ3n) is 4.42. The molecule has 3 aromatic carbocycles. The molecule has 0 aliphatic carbocycles. The summed E-state index contributed by atoms with van der Waals surface area (Å²) in [6, 6.07) is 24.7. The third kappa shape index (κ3) is 4.32. The predicted octanol–water partition coefficient (Wildman–Crippen LogP) is 4.34. The summed E-state index contributed by atoms with van der Waals surface area (Å²) in [4.78, 5) is 12.5. The molecule has 6 heteroatoms. The van der Waals surface area contributed by atoms with Crippen LogP contribution in [0.1, 0.15) is 16.2 Å². The zero-order valence-electron chi connectivity index (χ0n) is 15.8. The van der Waals surface area contributed by atoms with Gasteiger partial charge in [0, 0.05) is 11.1 Å². The van der Waals surface area contributed by atoms with Crippen LogP contribution < -0.4 is 10.1 Å². The Morgan fingerprint density at radius 1 is 0.897 bits per heavy atom. The normalized spacial score (nSPS) is 10.5. The maximum absolute atomic E-state index is 12.5. The Balaban J connectivity index is 1.43. The van der Waals surface area contributed by atoms with Gasteiger partial charge in [-0.05, 0) is 41.5 Å². The molecule has 4 rings (SSSR count). The van der Waals surface area contributed by atoms with Gasteiger partial charge >= 0.3 is 0 Å². The van der Waals surface area contributed by atoms with Crippen LogP contribution in [0.3, 0.4) is 0 Å². The number of carbonyl (C=O) groups is 1. The number of rotatable bonds is 6. The molecule has 0 radical (unpaired) electrons. The average molecular weight is 385 g/mol. The summed E-state index contributed by atoms with van der Waals surface area (Å²) in [6.07, 6.45) is 0. The van der Waals surface area contributed by atoms with Crippen LogP contribution in [0, 0.1) is 0 Å². The van der Waals surface area contributed by atoms with E-state index in [4.69, 9.17) is 9.15 Å². The summed E-state index contributed by atoms with van der Waals surface area (Å²) in [5.41, 5.74) is 3.36. The standard InChI is InChI=1S/C23H19N3O3/c1-28-20-12-6-11-19(14-20)23-26-25-21(29-23)15-24-22(27)18-10-5-9-17(13-18)16-7-3-2-4-8-16/h2-14H,15H2,1H3,(H,24,27). The number of ether oxygens (including phenoxy) is 1. The van der Waals surface area contributed by atoms with Gasteiger partial charge in [0.05, 0.1) is 13.7 Å². The van der Waals surface area contributed by atoms with Crippen molar-refractivity contribution in [1.29, 1.82) is 0 Å². The van der Waals surface area contributed by atoms with E-state index in [1.807, 2.05) is 72.8 Å². The van der Waals surface area contributed by atoms with E-state index in [-0.39, 0.29) is 12.5 Å². The van der Waals surface area contributed by atoms with Crippen molar-refractivity contribution in [2.75, 3.05) is 7.11 Å². The second-order valence-corrected chi connectivity index (χ2v) is 6.36. The topological polar surface area (TPSA) is 77.3 Å². The molecule has 144 valence electrons. The quantitative estimate of drug-likeness (QED) is 0.534. The second-order valence-electron chi connectivity index (χ2n) is 6.36. The molecule has 0 fully saturated rings. The molecule has 0 aliphatic rings. The first-order valence-electron chi connectivity index (χ1n) is 9.13. The fraction of sp³-hybridized carbons (Fsp3) is 0.0870. The Kier molecular flexibility index (Phi) is 5.33. The number of benzene rings is 3. The van der Waals surface area contributed by atoms with Gasteiger partial charge in [0.15, 0.2) is 0 Å². The minimum atomic E-state index is -0.205. The molecule has 6 nitrogen and oxygen atoms in total. The van der Waals surface area contributed by atoms with E-state index in [1.54, 1.807) is 13.2 Å². The molecule has 0 atom stereocenters. The molecule has 0 bridgehead atoms. The van der Waals surface area contributed by atoms with Crippen molar-refractivity contribution in [1.82, 2.24) is 15.5 Å². The van der Waals surface area contributed by atoms with Gasteiger partial charge in [-0.15, -0.1) is 10.2 Å². The summed E-state index contributed by atoms with van der Waals surface area (Å²) in [6.45, 7) is 0.144. The Hall–Kier alpha value is -3.93. The number of amides is 1. The lowest BCUT2D eigenvalue weighted by Crippen LogP contribution is -2.22. The smallest absolute Gasteiger partial charge is 0.251 e. The van der Waals surface area contributed by atoms with Crippen molar-refractivity contribution in [3.63, 3.8) is 0 Å². The highest BCUT2D eigenvalue weighted by Gasteiger charge is 2.12. The Morgan fingerprint density at radius 3 is 2.48 bits per heavy atom. The average Bonchev–Trinajstić information content (AvgIpc) is 3.27. The van der Waals surface area contributed by atoms with Crippen molar-refractivity contribution in [3.05, 3.63) is 90.3 Å². The SMILES string of the molecule is COc1cccc(-c2nnc(CNC(=O)c3cccc(-c4ccccc4)c3)o2)c1. The Bertz CT molecular complexity index is 1120. The molecular weight excluding hydrogens is 366 g/mol. The molecular formula is C23H19N3O3. The first-order valence-corrected chi connectivity index (χ1v) is 9.13. The molecule has 29 heavy (non-hydrogen) atoms. The van der Waals surface area contributed by atoms with Crippen LogP contribution in [0.25, 0.3) is 22.6 Å². The molecule has 0 aliphatic heterocycles. The van der Waals surface area contributed by atoms with Crippen LogP contribution in [0.2, 0.25) is 0 Å². The highest BCUT2D eigenvalue weighted by Crippen LogP contribution is 2.23. The van der Waals surface area contributed by atoms with Crippen LogP contribution in [0.15, 0.2) is 83.3 Å². The summed E-state index contributed by atoms with van der Waals surface area (Å²) in [5, 5.41) is 10.9. The number of hydrogen-bond donors (Lipinski definition) is 1. The fourth-order valence-electron chi connectivity index (χ4n) is 2.93. The molecule has 0 unspecified atom stereocenters. The minimum absolute atomic E-state index is 0.144. The lowest BCUT2D eigenvalue weighted by molar-refractivity contribution is 0.0947. The van der Waals surface area contributed by atoms with Crippen LogP contribution >= 0.6 is 0 Å². The van der Waals surface area contributed by atoms with Crippen molar-refractivity contribution in [2.24, 2.45) is 0 Å². The number of nitrogens with one attached hydrogen (secondary N) is 1. The van der Waals surface area contributed by atoms with E-state index in [1.165, 1.54) is 0 Å². The zero-order chi connectivity index (χ0) is 20.1. The van der Waals surface area contributed by atoms with Gasteiger partial charge in [0.2, 0.25) is 11.8 Å². The van der Waals surface area contributed by atoms with Gasteiger partial charge < -0.3 is 14.5 Å². The van der Waals surface area contributed by atoms with Crippen molar-refractivity contribution in [3.8, 4) is 28.3 Å². The molecule has 1 N–H and O–H groups in total. The van der Waals surface area contributed by atoms with E-state index >= 15 is 0 Å². The molecule has 4 aromatic rings. The highest BCUT2D eigenvalue weighted by molar-refractivity contribution is 5.95. The molecule has 1 heterocycles. The zero-order valence-corrected chi connectivity index (χ0v) is 15.8. The van der Waals surface area contributed by atoms with Gasteiger partial charge in [-0.25, -0.2) is 0 Å². The second kappa shape index (κ2) is 8.39. The van der Waals surface area contributed by atoms with Gasteiger partial charge in [-0.2, -0.15) is 0 Å². The van der Waals surface area contributed by atoms with Crippen LogP contribution in [-0.2, 0) is 6.54 Å². The summed E-state index contributed by atoms with van der Waals surface area (Å²) in [5.74, 6) is 1.20. The van der Waals surface area contributed by atoms with Crippen LogP contribution in [0.4, 0.5) is 0 Å². The summed E-state index contributed by atoms with van der Waals surface area (Å²) < 4.78 is 10.9. The summed E-state index contributed by atoms with van der Waals surface area (Å²) >= 11 is 0. The van der Waals surface area contributed by atoms with E-state index in [0.717, 1.165) is 16.7 Å². The van der Waals surface area contributed by atoms with Crippen LogP contribution in [0.5, 0.6) is 5.75 Å². The van der Waals surface area contributed by atoms with E-state index in [9.17, 15) is 4.79 Å². The minimum Gasteiger partial charge on any atom is -0.497 e. The first kappa shape index (κ1) is 18.4. The third-order valence-corrected chi connectivity index (χ3v) is 4.42.